The number of aromatic hydroxyl groups is 1. The van der Waals surface area contributed by atoms with Gasteiger partial charge in [-0.2, -0.15) is 0 Å². The molecule has 3 nitrogen and oxygen atoms in total. The minimum absolute atomic E-state index is 0.0307. The molecule has 0 aliphatic carbocycles. The molecule has 0 spiro atoms. The number of halogens is 1. The van der Waals surface area contributed by atoms with E-state index in [1.165, 1.54) is 11.6 Å². The van der Waals surface area contributed by atoms with Crippen LogP contribution in [0.5, 0.6) is 17.2 Å². The number of para-hydroxylation sites is 1. The third-order valence-corrected chi connectivity index (χ3v) is 4.33. The molecule has 4 heteroatoms. The summed E-state index contributed by atoms with van der Waals surface area (Å²) in [7, 11) is 0. The normalized spacial score (nSPS) is 10.7. The molecule has 0 aliphatic rings. The predicted octanol–water partition coefficient (Wildman–Crippen LogP) is 5.56. The number of phenolic OH excluding ortho intramolecular Hbond substituents is 1. The van der Waals surface area contributed by atoms with Crippen molar-refractivity contribution in [3.05, 3.63) is 88.9 Å². The van der Waals surface area contributed by atoms with E-state index in [0.717, 1.165) is 30.7 Å². The molecule has 0 unspecified atom stereocenters. The Bertz CT molecular complexity index is 837. The fourth-order valence-electron chi connectivity index (χ4n) is 2.73. The van der Waals surface area contributed by atoms with E-state index in [-0.39, 0.29) is 5.75 Å². The van der Waals surface area contributed by atoms with Crippen LogP contribution in [0, 0.1) is 0 Å². The highest BCUT2D eigenvalue weighted by Crippen LogP contribution is 2.34. The number of hydrogen-bond donors (Lipinski definition) is 2. The molecule has 0 radical (unpaired) electrons. The molecule has 0 aliphatic heterocycles. The second-order valence-corrected chi connectivity index (χ2v) is 6.52. The lowest BCUT2D eigenvalue weighted by Gasteiger charge is -2.13. The summed E-state index contributed by atoms with van der Waals surface area (Å²) < 4.78 is 5.87. The Morgan fingerprint density at radius 2 is 1.65 bits per heavy atom. The molecule has 0 bridgehead atoms. The molecule has 0 aromatic heterocycles. The van der Waals surface area contributed by atoms with E-state index in [4.69, 9.17) is 16.3 Å². The van der Waals surface area contributed by atoms with Gasteiger partial charge in [-0.25, -0.2) is 0 Å². The molecule has 3 aromatic carbocycles. The Hall–Kier alpha value is -2.49. The molecule has 2 N–H and O–H groups in total. The van der Waals surface area contributed by atoms with Crippen LogP contribution in [-0.2, 0) is 13.0 Å². The van der Waals surface area contributed by atoms with Gasteiger partial charge in [0.15, 0.2) is 11.5 Å². The van der Waals surface area contributed by atoms with Gasteiger partial charge in [0.05, 0.1) is 0 Å². The van der Waals surface area contributed by atoms with Crippen molar-refractivity contribution in [2.24, 2.45) is 0 Å². The fraction of sp³-hybridized carbons (Fsp3) is 0.182. The number of hydrogen-bond acceptors (Lipinski definition) is 3. The summed E-state index contributed by atoms with van der Waals surface area (Å²) in [6.45, 7) is 1.63. The van der Waals surface area contributed by atoms with Gasteiger partial charge in [0.2, 0.25) is 0 Å². The number of rotatable bonds is 8. The molecular weight excluding hydrogens is 346 g/mol. The largest absolute Gasteiger partial charge is 0.504 e. The molecule has 0 saturated carbocycles. The number of benzene rings is 3. The Morgan fingerprint density at radius 3 is 2.46 bits per heavy atom. The maximum atomic E-state index is 9.97. The van der Waals surface area contributed by atoms with E-state index in [1.807, 2.05) is 30.3 Å². The molecule has 0 heterocycles. The van der Waals surface area contributed by atoms with Gasteiger partial charge in [0.25, 0.3) is 0 Å². The van der Waals surface area contributed by atoms with E-state index >= 15 is 0 Å². The van der Waals surface area contributed by atoms with Crippen LogP contribution in [0.1, 0.15) is 17.5 Å². The molecule has 0 saturated heterocycles. The Morgan fingerprint density at radius 1 is 0.885 bits per heavy atom. The number of nitrogens with one attached hydrogen (secondary N) is 1. The van der Waals surface area contributed by atoms with Crippen LogP contribution >= 0.6 is 11.6 Å². The molecule has 0 atom stereocenters. The number of aryl methyl sites for hydroxylation is 1. The van der Waals surface area contributed by atoms with Crippen LogP contribution in [0.15, 0.2) is 72.8 Å². The summed E-state index contributed by atoms with van der Waals surface area (Å²) in [4.78, 5) is 0. The minimum atomic E-state index is 0.0307. The van der Waals surface area contributed by atoms with Gasteiger partial charge in [-0.15, -0.1) is 0 Å². The van der Waals surface area contributed by atoms with Crippen LogP contribution in [0.4, 0.5) is 0 Å². The highest BCUT2D eigenvalue weighted by Gasteiger charge is 2.08. The predicted molar refractivity (Wildman–Crippen MR) is 106 cm³/mol. The Balaban J connectivity index is 1.54. The summed E-state index contributed by atoms with van der Waals surface area (Å²) in [5.74, 6) is 1.15. The molecule has 134 valence electrons. The lowest BCUT2D eigenvalue weighted by atomic mass is 10.1. The summed E-state index contributed by atoms with van der Waals surface area (Å²) in [6, 6.07) is 23.1. The SMILES string of the molecule is Oc1cc(Cl)ccc1Oc1ccccc1CNCCCc1ccccc1. The summed E-state index contributed by atoms with van der Waals surface area (Å²) in [5.41, 5.74) is 2.40. The maximum absolute atomic E-state index is 9.97. The third-order valence-electron chi connectivity index (χ3n) is 4.09. The van der Waals surface area contributed by atoms with Gasteiger partial charge in [-0.3, -0.25) is 0 Å². The van der Waals surface area contributed by atoms with E-state index in [9.17, 15) is 5.11 Å². The zero-order valence-electron chi connectivity index (χ0n) is 14.5. The number of phenols is 1. The van der Waals surface area contributed by atoms with E-state index < -0.39 is 0 Å². The fourth-order valence-corrected chi connectivity index (χ4v) is 2.90. The van der Waals surface area contributed by atoms with Crippen molar-refractivity contribution in [1.82, 2.24) is 5.32 Å². The van der Waals surface area contributed by atoms with Crippen LogP contribution < -0.4 is 10.1 Å². The van der Waals surface area contributed by atoms with Crippen LogP contribution in [-0.4, -0.2) is 11.7 Å². The molecule has 26 heavy (non-hydrogen) atoms. The molecule has 0 amide bonds. The highest BCUT2D eigenvalue weighted by molar-refractivity contribution is 6.30. The first-order chi connectivity index (χ1) is 12.7. The minimum Gasteiger partial charge on any atom is -0.504 e. The van der Waals surface area contributed by atoms with Crippen molar-refractivity contribution in [3.63, 3.8) is 0 Å². The van der Waals surface area contributed by atoms with E-state index in [1.54, 1.807) is 12.1 Å². The molecule has 3 rings (SSSR count). The third kappa shape index (κ3) is 5.25. The lowest BCUT2D eigenvalue weighted by Crippen LogP contribution is -2.15. The number of ether oxygens (including phenoxy) is 1. The van der Waals surface area contributed by atoms with Crippen molar-refractivity contribution in [2.45, 2.75) is 19.4 Å². The second kappa shape index (κ2) is 9.27. The summed E-state index contributed by atoms with van der Waals surface area (Å²) in [5, 5.41) is 13.9. The van der Waals surface area contributed by atoms with Crippen LogP contribution in [0.2, 0.25) is 5.02 Å². The average molecular weight is 368 g/mol. The summed E-state index contributed by atoms with van der Waals surface area (Å²) >= 11 is 5.87. The molecular formula is C22H22ClNO2. The van der Waals surface area contributed by atoms with Crippen molar-refractivity contribution in [3.8, 4) is 17.2 Å². The molecule has 0 fully saturated rings. The zero-order chi connectivity index (χ0) is 18.2. The first-order valence-corrected chi connectivity index (χ1v) is 9.09. The highest BCUT2D eigenvalue weighted by atomic mass is 35.5. The first-order valence-electron chi connectivity index (χ1n) is 8.71. The van der Waals surface area contributed by atoms with E-state index in [2.05, 4.69) is 29.6 Å². The van der Waals surface area contributed by atoms with Gasteiger partial charge in [0, 0.05) is 23.2 Å². The lowest BCUT2D eigenvalue weighted by molar-refractivity contribution is 0.408. The first kappa shape index (κ1) is 18.3. The van der Waals surface area contributed by atoms with Gasteiger partial charge < -0.3 is 15.2 Å². The zero-order valence-corrected chi connectivity index (χ0v) is 15.2. The Labute approximate surface area is 159 Å². The maximum Gasteiger partial charge on any atom is 0.169 e. The topological polar surface area (TPSA) is 41.5 Å². The standard InChI is InChI=1S/C22H22ClNO2/c23-19-12-13-22(20(25)15-19)26-21-11-5-4-10-18(21)16-24-14-6-9-17-7-2-1-3-8-17/h1-5,7-8,10-13,15,24-25H,6,9,14,16H2. The van der Waals surface area contributed by atoms with Crippen LogP contribution in [0.25, 0.3) is 0 Å². The van der Waals surface area contributed by atoms with Gasteiger partial charge in [-0.05, 0) is 43.1 Å². The van der Waals surface area contributed by atoms with Crippen molar-refractivity contribution in [1.29, 1.82) is 0 Å². The van der Waals surface area contributed by atoms with Gasteiger partial charge in [0.1, 0.15) is 5.75 Å². The monoisotopic (exact) mass is 367 g/mol. The molecule has 3 aromatic rings. The van der Waals surface area contributed by atoms with Gasteiger partial charge >= 0.3 is 0 Å². The van der Waals surface area contributed by atoms with Crippen LogP contribution in [0.3, 0.4) is 0 Å². The van der Waals surface area contributed by atoms with Gasteiger partial charge in [-0.1, -0.05) is 60.1 Å². The van der Waals surface area contributed by atoms with Crippen molar-refractivity contribution >= 4 is 11.6 Å². The second-order valence-electron chi connectivity index (χ2n) is 6.09. The van der Waals surface area contributed by atoms with E-state index in [0.29, 0.717) is 17.3 Å². The smallest absolute Gasteiger partial charge is 0.169 e. The van der Waals surface area contributed by atoms with Crippen molar-refractivity contribution in [2.75, 3.05) is 6.54 Å². The Kier molecular flexibility index (Phi) is 6.53. The average Bonchev–Trinajstić information content (AvgIpc) is 2.66. The summed E-state index contributed by atoms with van der Waals surface area (Å²) in [6.07, 6.45) is 2.13. The van der Waals surface area contributed by atoms with Crippen molar-refractivity contribution < 1.29 is 9.84 Å². The quantitative estimate of drug-likeness (QED) is 0.512.